The van der Waals surface area contributed by atoms with Gasteiger partial charge in [-0.2, -0.15) is 0 Å². The van der Waals surface area contributed by atoms with Gasteiger partial charge in [-0.3, -0.25) is 4.79 Å². The molecular weight excluding hydrogens is 214 g/mol. The van der Waals surface area contributed by atoms with E-state index in [2.05, 4.69) is 17.3 Å². The van der Waals surface area contributed by atoms with Crippen LogP contribution in [0.1, 0.15) is 25.7 Å². The maximum atomic E-state index is 12.1. The summed E-state index contributed by atoms with van der Waals surface area (Å²) in [4.78, 5) is 16.3. The summed E-state index contributed by atoms with van der Waals surface area (Å²) in [6, 6.07) is 0.338. The minimum atomic E-state index is 0.296. The van der Waals surface area contributed by atoms with Gasteiger partial charge in [0.15, 0.2) is 0 Å². The van der Waals surface area contributed by atoms with Crippen LogP contribution in [-0.4, -0.2) is 62.0 Å². The summed E-state index contributed by atoms with van der Waals surface area (Å²) in [5, 5.41) is 3.43. The third kappa shape index (κ3) is 3.68. The first kappa shape index (κ1) is 12.8. The first-order chi connectivity index (χ1) is 8.15. The van der Waals surface area contributed by atoms with Gasteiger partial charge in [0.2, 0.25) is 5.91 Å². The van der Waals surface area contributed by atoms with Gasteiger partial charge in [-0.25, -0.2) is 0 Å². The summed E-state index contributed by atoms with van der Waals surface area (Å²) in [5.41, 5.74) is 0. The van der Waals surface area contributed by atoms with Crippen LogP contribution >= 0.6 is 0 Å². The minimum Gasteiger partial charge on any atom is -0.345 e. The Bertz CT molecular complexity index is 265. The van der Waals surface area contributed by atoms with Crippen molar-refractivity contribution in [1.82, 2.24) is 15.1 Å². The molecule has 1 unspecified atom stereocenters. The molecule has 0 aromatic rings. The lowest BCUT2D eigenvalue weighted by molar-refractivity contribution is -0.131. The molecule has 0 radical (unpaired) electrons. The molecule has 2 aliphatic rings. The molecule has 1 heterocycles. The quantitative estimate of drug-likeness (QED) is 0.778. The fraction of sp³-hybridized carbons (Fsp3) is 0.923. The van der Waals surface area contributed by atoms with E-state index in [-0.39, 0.29) is 0 Å². The highest BCUT2D eigenvalue weighted by atomic mass is 16.2. The Kier molecular flexibility index (Phi) is 4.40. The lowest BCUT2D eigenvalue weighted by Gasteiger charge is -2.33. The van der Waals surface area contributed by atoms with Crippen LogP contribution in [0, 0.1) is 5.92 Å². The van der Waals surface area contributed by atoms with Gasteiger partial charge >= 0.3 is 0 Å². The molecule has 0 spiro atoms. The molecule has 0 aromatic carbocycles. The second-order valence-corrected chi connectivity index (χ2v) is 5.69. The normalized spacial score (nSPS) is 26.6. The maximum Gasteiger partial charge on any atom is 0.223 e. The Morgan fingerprint density at radius 3 is 2.82 bits per heavy atom. The van der Waals surface area contributed by atoms with Gasteiger partial charge in [-0.1, -0.05) is 6.42 Å². The van der Waals surface area contributed by atoms with Crippen molar-refractivity contribution in [3.63, 3.8) is 0 Å². The van der Waals surface area contributed by atoms with E-state index in [1.54, 1.807) is 0 Å². The zero-order valence-electron chi connectivity index (χ0n) is 11.1. The van der Waals surface area contributed by atoms with Crippen molar-refractivity contribution >= 4 is 5.91 Å². The number of carbonyl (C=O) groups excluding carboxylic acids is 1. The van der Waals surface area contributed by atoms with Crippen molar-refractivity contribution in [2.75, 3.05) is 40.3 Å². The molecule has 1 aliphatic heterocycles. The van der Waals surface area contributed by atoms with Crippen molar-refractivity contribution in [2.24, 2.45) is 5.92 Å². The minimum absolute atomic E-state index is 0.296. The van der Waals surface area contributed by atoms with Gasteiger partial charge in [0.05, 0.1) is 0 Å². The molecule has 1 aliphatic carbocycles. The molecule has 1 saturated heterocycles. The molecule has 98 valence electrons. The van der Waals surface area contributed by atoms with E-state index in [0.29, 0.717) is 18.4 Å². The number of nitrogens with zero attached hydrogens (tertiary/aromatic N) is 2. The number of likely N-dealkylation sites (N-methyl/N-ethyl adjacent to an activating group) is 1. The smallest absolute Gasteiger partial charge is 0.223 e. The van der Waals surface area contributed by atoms with E-state index in [4.69, 9.17) is 0 Å². The summed E-state index contributed by atoms with van der Waals surface area (Å²) < 4.78 is 0. The lowest BCUT2D eigenvalue weighted by Crippen LogP contribution is -2.51. The van der Waals surface area contributed by atoms with Crippen molar-refractivity contribution < 1.29 is 4.79 Å². The van der Waals surface area contributed by atoms with Crippen LogP contribution in [0.2, 0.25) is 0 Å². The average molecular weight is 239 g/mol. The topological polar surface area (TPSA) is 35.6 Å². The molecule has 1 saturated carbocycles. The molecule has 2 fully saturated rings. The second kappa shape index (κ2) is 5.83. The van der Waals surface area contributed by atoms with Crippen LogP contribution in [0.3, 0.4) is 0 Å². The monoisotopic (exact) mass is 239 g/mol. The Morgan fingerprint density at radius 2 is 2.24 bits per heavy atom. The zero-order valence-corrected chi connectivity index (χ0v) is 11.1. The van der Waals surface area contributed by atoms with Gasteiger partial charge in [-0.05, 0) is 25.8 Å². The van der Waals surface area contributed by atoms with Crippen LogP contribution in [-0.2, 0) is 4.79 Å². The first-order valence-corrected chi connectivity index (χ1v) is 6.81. The first-order valence-electron chi connectivity index (χ1n) is 6.81. The lowest BCUT2D eigenvalue weighted by atomic mass is 9.85. The summed E-state index contributed by atoms with van der Waals surface area (Å²) in [6.07, 6.45) is 4.61. The third-order valence-electron chi connectivity index (χ3n) is 4.06. The Balaban J connectivity index is 1.71. The fourth-order valence-electron chi connectivity index (χ4n) is 2.66. The van der Waals surface area contributed by atoms with E-state index in [1.165, 1.54) is 19.3 Å². The summed E-state index contributed by atoms with van der Waals surface area (Å²) in [7, 11) is 4.07. The number of carbonyl (C=O) groups is 1. The van der Waals surface area contributed by atoms with E-state index >= 15 is 0 Å². The Morgan fingerprint density at radius 1 is 1.47 bits per heavy atom. The molecule has 1 amide bonds. The summed E-state index contributed by atoms with van der Waals surface area (Å²) in [5.74, 6) is 1.07. The molecule has 4 heteroatoms. The molecule has 1 atom stereocenters. The van der Waals surface area contributed by atoms with Gasteiger partial charge < -0.3 is 15.1 Å². The molecule has 1 N–H and O–H groups in total. The van der Waals surface area contributed by atoms with Crippen molar-refractivity contribution in [2.45, 2.75) is 31.7 Å². The number of piperazine rings is 1. The maximum absolute atomic E-state index is 12.1. The highest BCUT2D eigenvalue weighted by Crippen LogP contribution is 2.26. The van der Waals surface area contributed by atoms with Gasteiger partial charge in [0, 0.05) is 45.7 Å². The predicted molar refractivity (Wildman–Crippen MR) is 68.9 cm³/mol. The van der Waals surface area contributed by atoms with Crippen LogP contribution in [0.5, 0.6) is 0 Å². The van der Waals surface area contributed by atoms with Gasteiger partial charge in [-0.15, -0.1) is 0 Å². The third-order valence-corrected chi connectivity index (χ3v) is 4.06. The number of nitrogens with one attached hydrogen (secondary N) is 1. The number of rotatable bonds is 4. The molecule has 0 bridgehead atoms. The van der Waals surface area contributed by atoms with E-state index < -0.39 is 0 Å². The van der Waals surface area contributed by atoms with Crippen LogP contribution in [0.15, 0.2) is 0 Å². The predicted octanol–water partition coefficient (Wildman–Crippen LogP) is 0.539. The van der Waals surface area contributed by atoms with Crippen molar-refractivity contribution in [3.8, 4) is 0 Å². The Labute approximate surface area is 104 Å². The Hall–Kier alpha value is -0.610. The standard InChI is InChI=1S/C13H25N3O/c1-15-7-6-14-12(10-15)8-13(17)16(2)9-11-4-3-5-11/h11-12,14H,3-10H2,1-2H3. The highest BCUT2D eigenvalue weighted by Gasteiger charge is 2.24. The van der Waals surface area contributed by atoms with Crippen molar-refractivity contribution in [1.29, 1.82) is 0 Å². The van der Waals surface area contributed by atoms with E-state index in [9.17, 15) is 4.79 Å². The number of amides is 1. The number of hydrogen-bond donors (Lipinski definition) is 1. The van der Waals surface area contributed by atoms with Crippen LogP contribution in [0.25, 0.3) is 0 Å². The van der Waals surface area contributed by atoms with Gasteiger partial charge in [0.1, 0.15) is 0 Å². The molecular formula is C13H25N3O. The second-order valence-electron chi connectivity index (χ2n) is 5.69. The van der Waals surface area contributed by atoms with Crippen LogP contribution < -0.4 is 5.32 Å². The van der Waals surface area contributed by atoms with Crippen LogP contribution in [0.4, 0.5) is 0 Å². The largest absolute Gasteiger partial charge is 0.345 e. The molecule has 0 aromatic heterocycles. The van der Waals surface area contributed by atoms with Crippen molar-refractivity contribution in [3.05, 3.63) is 0 Å². The summed E-state index contributed by atoms with van der Waals surface area (Å²) in [6.45, 7) is 4.04. The number of hydrogen-bond acceptors (Lipinski definition) is 3. The SMILES string of the molecule is CN1CCNC(CC(=O)N(C)CC2CCC2)C1. The van der Waals surface area contributed by atoms with E-state index in [0.717, 1.165) is 32.1 Å². The summed E-state index contributed by atoms with van der Waals surface area (Å²) >= 11 is 0. The highest BCUT2D eigenvalue weighted by molar-refractivity contribution is 5.76. The fourth-order valence-corrected chi connectivity index (χ4v) is 2.66. The molecule has 2 rings (SSSR count). The average Bonchev–Trinajstić information content (AvgIpc) is 2.23. The van der Waals surface area contributed by atoms with E-state index in [1.807, 2.05) is 11.9 Å². The molecule has 4 nitrogen and oxygen atoms in total. The molecule has 17 heavy (non-hydrogen) atoms. The van der Waals surface area contributed by atoms with Gasteiger partial charge in [0.25, 0.3) is 0 Å². The zero-order chi connectivity index (χ0) is 12.3.